The number of hydrogen-bond donors (Lipinski definition) is 1. The fourth-order valence-electron chi connectivity index (χ4n) is 2.94. The lowest BCUT2D eigenvalue weighted by Crippen LogP contribution is -2.23. The van der Waals surface area contributed by atoms with Gasteiger partial charge in [-0.25, -0.2) is 0 Å². The molecule has 6 heteroatoms. The molecular formula is C20H19NO5. The Morgan fingerprint density at radius 3 is 2.88 bits per heavy atom. The lowest BCUT2D eigenvalue weighted by molar-refractivity contribution is 0.0912. The predicted octanol–water partition coefficient (Wildman–Crippen LogP) is 3.63. The van der Waals surface area contributed by atoms with E-state index < -0.39 is 0 Å². The van der Waals surface area contributed by atoms with Crippen LogP contribution in [0.3, 0.4) is 0 Å². The minimum absolute atomic E-state index is 0.227. The van der Waals surface area contributed by atoms with E-state index in [4.69, 9.17) is 18.6 Å². The molecule has 0 atom stereocenters. The number of rotatable bonds is 6. The fraction of sp³-hybridized carbons (Fsp3) is 0.250. The Labute approximate surface area is 150 Å². The topological polar surface area (TPSA) is 69.9 Å². The van der Waals surface area contributed by atoms with E-state index in [1.807, 2.05) is 49.4 Å². The highest BCUT2D eigenvalue weighted by Crippen LogP contribution is 2.32. The van der Waals surface area contributed by atoms with Crippen LogP contribution in [0.5, 0.6) is 11.5 Å². The molecule has 0 bridgehead atoms. The van der Waals surface area contributed by atoms with Crippen LogP contribution in [0, 0.1) is 0 Å². The molecule has 0 fully saturated rings. The van der Waals surface area contributed by atoms with Crippen LogP contribution in [0.1, 0.15) is 28.6 Å². The zero-order chi connectivity index (χ0) is 17.9. The Morgan fingerprint density at radius 1 is 1.15 bits per heavy atom. The van der Waals surface area contributed by atoms with E-state index in [-0.39, 0.29) is 12.7 Å². The van der Waals surface area contributed by atoms with Gasteiger partial charge in [-0.3, -0.25) is 4.79 Å². The Kier molecular flexibility index (Phi) is 4.50. The van der Waals surface area contributed by atoms with Crippen LogP contribution in [-0.2, 0) is 17.9 Å². The first-order valence-electron chi connectivity index (χ1n) is 8.51. The summed E-state index contributed by atoms with van der Waals surface area (Å²) in [6.07, 6.45) is 0. The van der Waals surface area contributed by atoms with Gasteiger partial charge in [0.1, 0.15) is 5.58 Å². The van der Waals surface area contributed by atoms with Crippen LogP contribution in [0.4, 0.5) is 0 Å². The van der Waals surface area contributed by atoms with Crippen molar-refractivity contribution in [3.8, 4) is 11.5 Å². The number of carbonyl (C=O) groups excluding carboxylic acids is 1. The lowest BCUT2D eigenvalue weighted by atomic mass is 10.1. The Morgan fingerprint density at radius 2 is 2.00 bits per heavy atom. The van der Waals surface area contributed by atoms with Gasteiger partial charge in [0.2, 0.25) is 6.79 Å². The van der Waals surface area contributed by atoms with Crippen molar-refractivity contribution in [2.24, 2.45) is 0 Å². The van der Waals surface area contributed by atoms with E-state index in [1.54, 1.807) is 0 Å². The summed E-state index contributed by atoms with van der Waals surface area (Å²) in [6.45, 7) is 3.41. The standard InChI is InChI=1S/C20H19NO5/c1-2-23-11-15-14-5-3-4-6-16(14)26-19(15)20(22)21-10-13-7-8-17-18(9-13)25-12-24-17/h3-9H,2,10-12H2,1H3,(H,21,22). The van der Waals surface area contributed by atoms with Crippen LogP contribution < -0.4 is 14.8 Å². The minimum Gasteiger partial charge on any atom is -0.454 e. The number of nitrogens with one attached hydrogen (secondary N) is 1. The number of para-hydroxylation sites is 1. The van der Waals surface area contributed by atoms with Gasteiger partial charge in [0.05, 0.1) is 6.61 Å². The summed E-state index contributed by atoms with van der Waals surface area (Å²) in [5, 5.41) is 3.80. The lowest BCUT2D eigenvalue weighted by Gasteiger charge is -2.07. The molecule has 26 heavy (non-hydrogen) atoms. The zero-order valence-corrected chi connectivity index (χ0v) is 14.4. The van der Waals surface area contributed by atoms with E-state index in [2.05, 4.69) is 5.32 Å². The molecule has 1 aliphatic rings. The average Bonchev–Trinajstić information content (AvgIpc) is 3.28. The number of ether oxygens (including phenoxy) is 3. The summed E-state index contributed by atoms with van der Waals surface area (Å²) in [6, 6.07) is 13.2. The van der Waals surface area contributed by atoms with Crippen molar-refractivity contribution in [2.75, 3.05) is 13.4 Å². The second-order valence-electron chi connectivity index (χ2n) is 5.91. The number of furan rings is 1. The molecule has 1 N–H and O–H groups in total. The average molecular weight is 353 g/mol. The van der Waals surface area contributed by atoms with Crippen molar-refractivity contribution < 1.29 is 23.4 Å². The van der Waals surface area contributed by atoms with Gasteiger partial charge in [-0.2, -0.15) is 0 Å². The minimum atomic E-state index is -0.270. The summed E-state index contributed by atoms with van der Waals surface area (Å²) in [7, 11) is 0. The monoisotopic (exact) mass is 353 g/mol. The van der Waals surface area contributed by atoms with Crippen molar-refractivity contribution in [2.45, 2.75) is 20.1 Å². The molecule has 134 valence electrons. The van der Waals surface area contributed by atoms with Crippen LogP contribution in [0.2, 0.25) is 0 Å². The van der Waals surface area contributed by atoms with Gasteiger partial charge in [0, 0.05) is 24.1 Å². The third-order valence-corrected chi connectivity index (χ3v) is 4.25. The molecule has 2 heterocycles. The van der Waals surface area contributed by atoms with Gasteiger partial charge in [0.15, 0.2) is 17.3 Å². The van der Waals surface area contributed by atoms with Gasteiger partial charge < -0.3 is 23.9 Å². The summed E-state index contributed by atoms with van der Waals surface area (Å²) in [5.41, 5.74) is 2.37. The molecule has 0 saturated heterocycles. The smallest absolute Gasteiger partial charge is 0.287 e. The van der Waals surface area contributed by atoms with Crippen LogP contribution in [0.25, 0.3) is 11.0 Å². The quantitative estimate of drug-likeness (QED) is 0.733. The Balaban J connectivity index is 1.54. The highest BCUT2D eigenvalue weighted by Gasteiger charge is 2.20. The summed E-state index contributed by atoms with van der Waals surface area (Å²) in [5.74, 6) is 1.43. The molecule has 0 unspecified atom stereocenters. The number of carbonyl (C=O) groups is 1. The molecule has 3 aromatic rings. The Bertz CT molecular complexity index is 947. The Hall–Kier alpha value is -2.99. The highest BCUT2D eigenvalue weighted by atomic mass is 16.7. The zero-order valence-electron chi connectivity index (χ0n) is 14.4. The van der Waals surface area contributed by atoms with Crippen molar-refractivity contribution >= 4 is 16.9 Å². The van der Waals surface area contributed by atoms with Gasteiger partial charge in [-0.05, 0) is 30.7 Å². The van der Waals surface area contributed by atoms with Crippen molar-refractivity contribution in [3.63, 3.8) is 0 Å². The highest BCUT2D eigenvalue weighted by molar-refractivity contribution is 5.99. The second kappa shape index (κ2) is 7.09. The van der Waals surface area contributed by atoms with Gasteiger partial charge in [0.25, 0.3) is 5.91 Å². The first kappa shape index (κ1) is 16.5. The normalized spacial score (nSPS) is 12.5. The molecule has 6 nitrogen and oxygen atoms in total. The first-order chi connectivity index (χ1) is 12.8. The van der Waals surface area contributed by atoms with Gasteiger partial charge in [-0.1, -0.05) is 24.3 Å². The van der Waals surface area contributed by atoms with Gasteiger partial charge in [-0.15, -0.1) is 0 Å². The van der Waals surface area contributed by atoms with Gasteiger partial charge >= 0.3 is 0 Å². The molecule has 0 aliphatic carbocycles. The molecular weight excluding hydrogens is 334 g/mol. The molecule has 0 saturated carbocycles. The SMILES string of the molecule is CCOCc1c(C(=O)NCc2ccc3c(c2)OCO3)oc2ccccc12. The molecule has 1 aliphatic heterocycles. The maximum Gasteiger partial charge on any atom is 0.287 e. The molecule has 2 aromatic carbocycles. The first-order valence-corrected chi connectivity index (χ1v) is 8.51. The summed E-state index contributed by atoms with van der Waals surface area (Å²) in [4.78, 5) is 12.7. The van der Waals surface area contributed by atoms with Crippen molar-refractivity contribution in [1.82, 2.24) is 5.32 Å². The van der Waals surface area contributed by atoms with Crippen molar-refractivity contribution in [1.29, 1.82) is 0 Å². The summed E-state index contributed by atoms with van der Waals surface area (Å²) < 4.78 is 22.0. The van der Waals surface area contributed by atoms with E-state index >= 15 is 0 Å². The number of hydrogen-bond acceptors (Lipinski definition) is 5. The predicted molar refractivity (Wildman–Crippen MR) is 95.3 cm³/mol. The second-order valence-corrected chi connectivity index (χ2v) is 5.91. The number of benzene rings is 2. The largest absolute Gasteiger partial charge is 0.454 e. The van der Waals surface area contributed by atoms with Crippen LogP contribution >= 0.6 is 0 Å². The van der Waals surface area contributed by atoms with E-state index in [9.17, 15) is 4.79 Å². The molecule has 1 aromatic heterocycles. The van der Waals surface area contributed by atoms with Crippen molar-refractivity contribution in [3.05, 3.63) is 59.4 Å². The number of amides is 1. The van der Waals surface area contributed by atoms with Crippen LogP contribution in [-0.4, -0.2) is 19.3 Å². The molecule has 4 rings (SSSR count). The molecule has 0 radical (unpaired) electrons. The fourth-order valence-corrected chi connectivity index (χ4v) is 2.94. The van der Waals surface area contributed by atoms with E-state index in [0.29, 0.717) is 36.9 Å². The maximum absolute atomic E-state index is 12.7. The number of fused-ring (bicyclic) bond motifs is 2. The van der Waals surface area contributed by atoms with Crippen LogP contribution in [0.15, 0.2) is 46.9 Å². The third-order valence-electron chi connectivity index (χ3n) is 4.25. The molecule has 1 amide bonds. The summed E-state index contributed by atoms with van der Waals surface area (Å²) >= 11 is 0. The maximum atomic E-state index is 12.7. The molecule has 0 spiro atoms. The van der Waals surface area contributed by atoms with E-state index in [1.165, 1.54) is 0 Å². The third kappa shape index (κ3) is 3.11. The van der Waals surface area contributed by atoms with E-state index in [0.717, 1.165) is 22.3 Å².